The molecule has 0 aliphatic rings. The van der Waals surface area contributed by atoms with Gasteiger partial charge in [0.05, 0.1) is 28.3 Å². The number of hydrogen-bond donors (Lipinski definition) is 2. The molecule has 0 radical (unpaired) electrons. The van der Waals surface area contributed by atoms with Gasteiger partial charge >= 0.3 is 6.03 Å². The van der Waals surface area contributed by atoms with E-state index in [-0.39, 0.29) is 0 Å². The Morgan fingerprint density at radius 1 is 1.30 bits per heavy atom. The highest BCUT2D eigenvalue weighted by atomic mass is 79.9. The molecule has 2 N–H and O–H groups in total. The molecule has 0 aliphatic carbocycles. The van der Waals surface area contributed by atoms with Gasteiger partial charge in [-0.2, -0.15) is 9.78 Å². The lowest BCUT2D eigenvalue weighted by molar-refractivity contribution is 0.248. The molecule has 3 rings (SSSR count). The number of nitrogens with zero attached hydrogens (tertiary/aromatic N) is 5. The first-order valence-corrected chi connectivity index (χ1v) is 8.94. The molecule has 3 aromatic rings. The van der Waals surface area contributed by atoms with Crippen LogP contribution in [0, 0.1) is 0 Å². The second kappa shape index (κ2) is 8.31. The number of aromatic nitrogens is 5. The molecule has 0 spiro atoms. The summed E-state index contributed by atoms with van der Waals surface area (Å²) in [5, 5.41) is 9.95. The first kappa shape index (κ1) is 19.1. The van der Waals surface area contributed by atoms with E-state index in [2.05, 4.69) is 46.6 Å². The maximum absolute atomic E-state index is 12.4. The highest BCUT2D eigenvalue weighted by Crippen LogP contribution is 2.34. The van der Waals surface area contributed by atoms with Gasteiger partial charge in [0.1, 0.15) is 12.1 Å². The Morgan fingerprint density at radius 3 is 2.74 bits per heavy atom. The van der Waals surface area contributed by atoms with Gasteiger partial charge in [-0.25, -0.2) is 19.7 Å². The summed E-state index contributed by atoms with van der Waals surface area (Å²) in [5.74, 6) is 1.39. The third-order valence-electron chi connectivity index (χ3n) is 3.54. The van der Waals surface area contributed by atoms with Crippen molar-refractivity contribution in [2.75, 3.05) is 12.4 Å². The number of urea groups is 1. The molecule has 1 atom stereocenters. The zero-order chi connectivity index (χ0) is 19.4. The van der Waals surface area contributed by atoms with Crippen molar-refractivity contribution in [2.45, 2.75) is 13.0 Å². The number of amides is 2. The highest BCUT2D eigenvalue weighted by molar-refractivity contribution is 9.10. The van der Waals surface area contributed by atoms with E-state index in [0.717, 1.165) is 0 Å². The molecule has 27 heavy (non-hydrogen) atoms. The Morgan fingerprint density at radius 2 is 2.04 bits per heavy atom. The molecule has 1 aromatic carbocycles. The van der Waals surface area contributed by atoms with Gasteiger partial charge in [-0.15, -0.1) is 0 Å². The Hall–Kier alpha value is -2.72. The van der Waals surface area contributed by atoms with Crippen LogP contribution in [-0.2, 0) is 0 Å². The summed E-state index contributed by atoms with van der Waals surface area (Å²) in [7, 11) is 1.53. The summed E-state index contributed by atoms with van der Waals surface area (Å²) < 4.78 is 7.36. The number of benzene rings is 1. The number of carbonyl (C=O) groups is 1. The molecule has 0 fully saturated rings. The van der Waals surface area contributed by atoms with Gasteiger partial charge < -0.3 is 15.4 Å². The van der Waals surface area contributed by atoms with Crippen molar-refractivity contribution in [3.05, 3.63) is 52.2 Å². The average Bonchev–Trinajstić information content (AvgIpc) is 3.14. The van der Waals surface area contributed by atoms with Crippen molar-refractivity contribution in [3.63, 3.8) is 0 Å². The van der Waals surface area contributed by atoms with Crippen molar-refractivity contribution in [1.82, 2.24) is 30.0 Å². The van der Waals surface area contributed by atoms with Crippen LogP contribution in [0.5, 0.6) is 5.75 Å². The SMILES string of the molecule is COc1cc(NC(=O)NC(C)c2ncnn2-c2ncccn2)c(Cl)cc1Br. The number of carbonyl (C=O) groups excluding carboxylic acids is 1. The number of hydrogen-bond acceptors (Lipinski definition) is 6. The fourth-order valence-electron chi connectivity index (χ4n) is 2.30. The van der Waals surface area contributed by atoms with Gasteiger partial charge in [0.15, 0.2) is 5.82 Å². The standard InChI is InChI=1S/C16H15BrClN7O2/c1-9(14-21-8-22-25(14)15-19-4-3-5-20-15)23-16(26)24-12-7-13(27-2)10(17)6-11(12)18/h3-9H,1-2H3,(H2,23,24,26). The van der Waals surface area contributed by atoms with Crippen LogP contribution in [0.3, 0.4) is 0 Å². The average molecular weight is 453 g/mol. The van der Waals surface area contributed by atoms with Crippen LogP contribution in [0.1, 0.15) is 18.8 Å². The minimum atomic E-state index is -0.465. The summed E-state index contributed by atoms with van der Waals surface area (Å²) in [5.41, 5.74) is 0.411. The van der Waals surface area contributed by atoms with Crippen LogP contribution in [0.25, 0.3) is 5.95 Å². The fraction of sp³-hybridized carbons (Fsp3) is 0.188. The van der Waals surface area contributed by atoms with Gasteiger partial charge in [0.25, 0.3) is 5.95 Å². The molecule has 2 heterocycles. The van der Waals surface area contributed by atoms with Crippen molar-refractivity contribution in [2.24, 2.45) is 0 Å². The van der Waals surface area contributed by atoms with E-state index in [1.165, 1.54) is 18.1 Å². The first-order valence-electron chi connectivity index (χ1n) is 7.77. The smallest absolute Gasteiger partial charge is 0.319 e. The summed E-state index contributed by atoms with van der Waals surface area (Å²) in [4.78, 5) is 24.8. The first-order chi connectivity index (χ1) is 13.0. The number of halogens is 2. The van der Waals surface area contributed by atoms with Crippen molar-refractivity contribution >= 4 is 39.2 Å². The molecule has 11 heteroatoms. The molecule has 0 saturated heterocycles. The van der Waals surface area contributed by atoms with Crippen molar-refractivity contribution < 1.29 is 9.53 Å². The maximum atomic E-state index is 12.4. The minimum absolute atomic E-state index is 0.361. The Labute approximate surface area is 168 Å². The van der Waals surface area contributed by atoms with E-state index in [4.69, 9.17) is 16.3 Å². The van der Waals surface area contributed by atoms with Gasteiger partial charge in [-0.1, -0.05) is 11.6 Å². The van der Waals surface area contributed by atoms with Gasteiger partial charge in [-0.05, 0) is 35.0 Å². The number of ether oxygens (including phenoxy) is 1. The predicted molar refractivity (Wildman–Crippen MR) is 103 cm³/mol. The number of nitrogens with one attached hydrogen (secondary N) is 2. The molecule has 140 valence electrons. The van der Waals surface area contributed by atoms with E-state index in [1.807, 2.05) is 0 Å². The zero-order valence-corrected chi connectivity index (χ0v) is 16.7. The third-order valence-corrected chi connectivity index (χ3v) is 4.47. The quantitative estimate of drug-likeness (QED) is 0.615. The highest BCUT2D eigenvalue weighted by Gasteiger charge is 2.19. The van der Waals surface area contributed by atoms with E-state index < -0.39 is 12.1 Å². The second-order valence-corrected chi connectivity index (χ2v) is 6.63. The topological polar surface area (TPSA) is 107 Å². The van der Waals surface area contributed by atoms with Gasteiger partial charge in [0.2, 0.25) is 0 Å². The third kappa shape index (κ3) is 4.34. The molecular weight excluding hydrogens is 438 g/mol. The zero-order valence-electron chi connectivity index (χ0n) is 14.3. The lowest BCUT2D eigenvalue weighted by Gasteiger charge is -2.16. The number of rotatable bonds is 5. The maximum Gasteiger partial charge on any atom is 0.319 e. The van der Waals surface area contributed by atoms with Gasteiger partial charge in [0, 0.05) is 18.5 Å². The van der Waals surface area contributed by atoms with Crippen LogP contribution < -0.4 is 15.4 Å². The fourth-order valence-corrected chi connectivity index (χ4v) is 3.15. The molecule has 0 bridgehead atoms. The molecule has 0 aliphatic heterocycles. The Kier molecular flexibility index (Phi) is 5.87. The molecule has 2 aromatic heterocycles. The lowest BCUT2D eigenvalue weighted by Crippen LogP contribution is -2.32. The number of methoxy groups -OCH3 is 1. The summed E-state index contributed by atoms with van der Waals surface area (Å²) in [6.45, 7) is 1.77. The lowest BCUT2D eigenvalue weighted by atomic mass is 10.3. The number of anilines is 1. The van der Waals surface area contributed by atoms with Crippen molar-refractivity contribution in [1.29, 1.82) is 0 Å². The molecule has 9 nitrogen and oxygen atoms in total. The van der Waals surface area contributed by atoms with Crippen LogP contribution >= 0.6 is 27.5 Å². The molecule has 0 saturated carbocycles. The molecular formula is C16H15BrClN7O2. The largest absolute Gasteiger partial charge is 0.495 e. The van der Waals surface area contributed by atoms with Crippen molar-refractivity contribution in [3.8, 4) is 11.7 Å². The van der Waals surface area contributed by atoms with E-state index >= 15 is 0 Å². The van der Waals surface area contributed by atoms with E-state index in [9.17, 15) is 4.79 Å². The molecule has 1 unspecified atom stereocenters. The van der Waals surface area contributed by atoms with Crippen LogP contribution in [0.4, 0.5) is 10.5 Å². The van der Waals surface area contributed by atoms with E-state index in [1.54, 1.807) is 37.5 Å². The van der Waals surface area contributed by atoms with Crippen LogP contribution in [-0.4, -0.2) is 37.9 Å². The van der Waals surface area contributed by atoms with Crippen LogP contribution in [0.2, 0.25) is 5.02 Å². The predicted octanol–water partition coefficient (Wildman–Crippen LogP) is 3.36. The summed E-state index contributed by atoms with van der Waals surface area (Å²) >= 11 is 9.51. The normalized spacial score (nSPS) is 11.7. The monoisotopic (exact) mass is 451 g/mol. The van der Waals surface area contributed by atoms with Crippen LogP contribution in [0.15, 0.2) is 41.4 Å². The van der Waals surface area contributed by atoms with Gasteiger partial charge in [-0.3, -0.25) is 0 Å². The van der Waals surface area contributed by atoms with E-state index in [0.29, 0.717) is 32.7 Å². The second-order valence-electron chi connectivity index (χ2n) is 5.37. The molecule has 2 amide bonds. The Balaban J connectivity index is 1.73. The summed E-state index contributed by atoms with van der Waals surface area (Å²) in [6, 6.07) is 4.04. The Bertz CT molecular complexity index is 951. The summed E-state index contributed by atoms with van der Waals surface area (Å²) in [6.07, 6.45) is 4.57. The minimum Gasteiger partial charge on any atom is -0.495 e.